The molecule has 1 aliphatic heterocycles. The lowest BCUT2D eigenvalue weighted by Gasteiger charge is -2.22. The quantitative estimate of drug-likeness (QED) is 0.786. The second kappa shape index (κ2) is 4.69. The Labute approximate surface area is 93.7 Å². The number of aliphatic hydroxyl groups excluding tert-OH is 1. The lowest BCUT2D eigenvalue weighted by atomic mass is 10.0. The van der Waals surface area contributed by atoms with Crippen LogP contribution in [0, 0.1) is 0 Å². The van der Waals surface area contributed by atoms with Gasteiger partial charge in [0.2, 0.25) is 0 Å². The molecule has 0 saturated carbocycles. The van der Waals surface area contributed by atoms with Crippen molar-refractivity contribution in [2.24, 2.45) is 5.73 Å². The monoisotopic (exact) mass is 225 g/mol. The summed E-state index contributed by atoms with van der Waals surface area (Å²) in [5, 5.41) is 9.03. The number of nitrogens with two attached hydrogens (primary N) is 1. The maximum atomic E-state index is 9.03. The number of aliphatic hydroxyl groups is 1. The minimum Gasteiger partial charge on any atom is -0.493 e. The molecular weight excluding hydrogens is 210 g/mol. The van der Waals surface area contributed by atoms with Gasteiger partial charge in [-0.3, -0.25) is 0 Å². The highest BCUT2D eigenvalue weighted by Crippen LogP contribution is 2.36. The molecule has 3 N–H and O–H groups in total. The SMILES string of the molecule is COc1cc(C(N)CO)cc2c1OCOC2. The zero-order valence-corrected chi connectivity index (χ0v) is 9.10. The number of benzene rings is 1. The molecule has 0 aliphatic carbocycles. The molecule has 5 nitrogen and oxygen atoms in total. The van der Waals surface area contributed by atoms with Gasteiger partial charge in [-0.05, 0) is 17.7 Å². The maximum absolute atomic E-state index is 9.03. The highest BCUT2D eigenvalue weighted by Gasteiger charge is 2.19. The van der Waals surface area contributed by atoms with E-state index >= 15 is 0 Å². The minimum atomic E-state index is -0.416. The van der Waals surface area contributed by atoms with E-state index in [2.05, 4.69) is 0 Å². The van der Waals surface area contributed by atoms with Gasteiger partial charge in [-0.1, -0.05) is 0 Å². The van der Waals surface area contributed by atoms with Crippen LogP contribution in [0.2, 0.25) is 0 Å². The summed E-state index contributed by atoms with van der Waals surface area (Å²) in [6.45, 7) is 0.593. The van der Waals surface area contributed by atoms with E-state index in [1.54, 1.807) is 13.2 Å². The molecule has 0 bridgehead atoms. The number of fused-ring (bicyclic) bond motifs is 1. The Morgan fingerprint density at radius 1 is 1.56 bits per heavy atom. The van der Waals surface area contributed by atoms with E-state index in [0.717, 1.165) is 11.1 Å². The summed E-state index contributed by atoms with van der Waals surface area (Å²) in [4.78, 5) is 0. The summed E-state index contributed by atoms with van der Waals surface area (Å²) < 4.78 is 15.8. The summed E-state index contributed by atoms with van der Waals surface area (Å²) in [7, 11) is 1.57. The van der Waals surface area contributed by atoms with Crippen molar-refractivity contribution in [2.75, 3.05) is 20.5 Å². The van der Waals surface area contributed by atoms with E-state index in [0.29, 0.717) is 18.1 Å². The molecule has 0 amide bonds. The van der Waals surface area contributed by atoms with Crippen LogP contribution in [0.5, 0.6) is 11.5 Å². The average molecular weight is 225 g/mol. The van der Waals surface area contributed by atoms with Crippen LogP contribution in [-0.2, 0) is 11.3 Å². The van der Waals surface area contributed by atoms with Crippen LogP contribution in [0.15, 0.2) is 12.1 Å². The van der Waals surface area contributed by atoms with Crippen molar-refractivity contribution < 1.29 is 19.3 Å². The van der Waals surface area contributed by atoms with Crippen molar-refractivity contribution in [3.05, 3.63) is 23.3 Å². The highest BCUT2D eigenvalue weighted by atomic mass is 16.7. The first-order chi connectivity index (χ1) is 7.76. The first-order valence-electron chi connectivity index (χ1n) is 5.04. The zero-order valence-electron chi connectivity index (χ0n) is 9.10. The van der Waals surface area contributed by atoms with Gasteiger partial charge >= 0.3 is 0 Å². The number of hydrogen-bond donors (Lipinski definition) is 2. The van der Waals surface area contributed by atoms with Gasteiger partial charge in [0.25, 0.3) is 0 Å². The molecule has 0 aromatic heterocycles. The summed E-state index contributed by atoms with van der Waals surface area (Å²) >= 11 is 0. The second-order valence-electron chi connectivity index (χ2n) is 3.61. The van der Waals surface area contributed by atoms with Crippen LogP contribution in [0.25, 0.3) is 0 Å². The van der Waals surface area contributed by atoms with Crippen LogP contribution >= 0.6 is 0 Å². The third kappa shape index (κ3) is 1.97. The molecule has 5 heteroatoms. The van der Waals surface area contributed by atoms with Gasteiger partial charge in [0.05, 0.1) is 26.4 Å². The van der Waals surface area contributed by atoms with Crippen LogP contribution in [0.4, 0.5) is 0 Å². The molecule has 1 heterocycles. The molecule has 0 spiro atoms. The van der Waals surface area contributed by atoms with Crippen molar-refractivity contribution in [3.63, 3.8) is 0 Å². The van der Waals surface area contributed by atoms with Crippen LogP contribution in [0.1, 0.15) is 17.2 Å². The van der Waals surface area contributed by atoms with Gasteiger partial charge in [0, 0.05) is 5.56 Å². The van der Waals surface area contributed by atoms with Crippen molar-refractivity contribution in [1.29, 1.82) is 0 Å². The molecule has 2 rings (SSSR count). The highest BCUT2D eigenvalue weighted by molar-refractivity contribution is 5.50. The Kier molecular flexibility index (Phi) is 3.28. The van der Waals surface area contributed by atoms with Crippen molar-refractivity contribution in [1.82, 2.24) is 0 Å². The van der Waals surface area contributed by atoms with Gasteiger partial charge in [-0.2, -0.15) is 0 Å². The maximum Gasteiger partial charge on any atom is 0.189 e. The van der Waals surface area contributed by atoms with E-state index in [-0.39, 0.29) is 13.4 Å². The van der Waals surface area contributed by atoms with Gasteiger partial charge in [0.1, 0.15) is 0 Å². The fourth-order valence-corrected chi connectivity index (χ4v) is 1.68. The zero-order chi connectivity index (χ0) is 11.5. The molecule has 88 valence electrons. The minimum absolute atomic E-state index is 0.107. The summed E-state index contributed by atoms with van der Waals surface area (Å²) in [5.41, 5.74) is 7.47. The van der Waals surface area contributed by atoms with Crippen molar-refractivity contribution >= 4 is 0 Å². The lowest BCUT2D eigenvalue weighted by molar-refractivity contribution is -0.0181. The van der Waals surface area contributed by atoms with Crippen molar-refractivity contribution in [3.8, 4) is 11.5 Å². The molecule has 0 saturated heterocycles. The average Bonchev–Trinajstić information content (AvgIpc) is 2.36. The number of ether oxygens (including phenoxy) is 3. The van der Waals surface area contributed by atoms with E-state index in [1.165, 1.54) is 0 Å². The van der Waals surface area contributed by atoms with Gasteiger partial charge in [0.15, 0.2) is 18.3 Å². The van der Waals surface area contributed by atoms with Crippen LogP contribution in [0.3, 0.4) is 0 Å². The van der Waals surface area contributed by atoms with Crippen LogP contribution in [-0.4, -0.2) is 25.6 Å². The van der Waals surface area contributed by atoms with E-state index in [9.17, 15) is 0 Å². The van der Waals surface area contributed by atoms with Crippen molar-refractivity contribution in [2.45, 2.75) is 12.6 Å². The third-order valence-corrected chi connectivity index (χ3v) is 2.54. The Bertz CT molecular complexity index is 363. The smallest absolute Gasteiger partial charge is 0.189 e. The van der Waals surface area contributed by atoms with Crippen LogP contribution < -0.4 is 15.2 Å². The standard InChI is InChI=1S/C11H15NO4/c1-14-10-3-7(9(12)4-13)2-8-5-15-6-16-11(8)10/h2-3,9,13H,4-6,12H2,1H3. The predicted octanol–water partition coefficient (Wildman–Crippen LogP) is 0.554. The molecule has 1 aliphatic rings. The molecule has 1 unspecified atom stereocenters. The molecule has 1 atom stereocenters. The topological polar surface area (TPSA) is 73.9 Å². The van der Waals surface area contributed by atoms with E-state index in [4.69, 9.17) is 25.1 Å². The lowest BCUT2D eigenvalue weighted by Crippen LogP contribution is -2.17. The molecule has 0 fully saturated rings. The molecular formula is C11H15NO4. The molecule has 1 aromatic rings. The normalized spacial score (nSPS) is 16.2. The Hall–Kier alpha value is -1.30. The van der Waals surface area contributed by atoms with E-state index in [1.807, 2.05) is 6.07 Å². The molecule has 0 radical (unpaired) electrons. The number of rotatable bonds is 3. The van der Waals surface area contributed by atoms with E-state index < -0.39 is 6.04 Å². The fraction of sp³-hybridized carbons (Fsp3) is 0.455. The molecule has 16 heavy (non-hydrogen) atoms. The third-order valence-electron chi connectivity index (χ3n) is 2.54. The first-order valence-corrected chi connectivity index (χ1v) is 5.04. The number of hydrogen-bond acceptors (Lipinski definition) is 5. The Balaban J connectivity index is 2.43. The second-order valence-corrected chi connectivity index (χ2v) is 3.61. The summed E-state index contributed by atoms with van der Waals surface area (Å²) in [6.07, 6.45) is 0. The summed E-state index contributed by atoms with van der Waals surface area (Å²) in [5.74, 6) is 1.32. The predicted molar refractivity (Wildman–Crippen MR) is 57.3 cm³/mol. The van der Waals surface area contributed by atoms with Gasteiger partial charge in [-0.15, -0.1) is 0 Å². The van der Waals surface area contributed by atoms with Gasteiger partial charge < -0.3 is 25.1 Å². The Morgan fingerprint density at radius 2 is 2.38 bits per heavy atom. The van der Waals surface area contributed by atoms with Gasteiger partial charge in [-0.25, -0.2) is 0 Å². The first kappa shape index (κ1) is 11.2. The Morgan fingerprint density at radius 3 is 3.06 bits per heavy atom. The molecule has 1 aromatic carbocycles. The summed E-state index contributed by atoms with van der Waals surface area (Å²) in [6, 6.07) is 3.24. The number of methoxy groups -OCH3 is 1. The fourth-order valence-electron chi connectivity index (χ4n) is 1.68. The largest absolute Gasteiger partial charge is 0.493 e.